The van der Waals surface area contributed by atoms with Crippen LogP contribution in [0.2, 0.25) is 5.28 Å². The average molecular weight is 315 g/mol. The monoisotopic (exact) mass is 314 g/mol. The molecule has 1 aromatic heterocycles. The smallest absolute Gasteiger partial charge is 0.224 e. The largest absolute Gasteiger partial charge is 0.366 e. The lowest BCUT2D eigenvalue weighted by Gasteiger charge is -2.31. The summed E-state index contributed by atoms with van der Waals surface area (Å²) < 4.78 is 0. The zero-order chi connectivity index (χ0) is 14.9. The van der Waals surface area contributed by atoms with Crippen LogP contribution in [0.1, 0.15) is 35.7 Å². The first-order valence-corrected chi connectivity index (χ1v) is 8.27. The maximum absolute atomic E-state index is 6.17. The highest BCUT2D eigenvalue weighted by Crippen LogP contribution is 2.38. The molecule has 4 nitrogen and oxygen atoms in total. The summed E-state index contributed by atoms with van der Waals surface area (Å²) in [4.78, 5) is 11.5. The van der Waals surface area contributed by atoms with Gasteiger partial charge in [0, 0.05) is 18.7 Å². The van der Waals surface area contributed by atoms with Crippen molar-refractivity contribution in [2.45, 2.75) is 31.8 Å². The number of benzene rings is 1. The molecule has 1 saturated heterocycles. The van der Waals surface area contributed by atoms with E-state index in [1.807, 2.05) is 6.07 Å². The van der Waals surface area contributed by atoms with E-state index in [0.717, 1.165) is 31.0 Å². The van der Waals surface area contributed by atoms with Crippen LogP contribution in [0.5, 0.6) is 0 Å². The van der Waals surface area contributed by atoms with Crippen LogP contribution in [0.25, 0.3) is 0 Å². The Bertz CT molecular complexity index is 674. The summed E-state index contributed by atoms with van der Waals surface area (Å²) in [7, 11) is 0. The van der Waals surface area contributed by atoms with Crippen LogP contribution in [0.15, 0.2) is 30.3 Å². The van der Waals surface area contributed by atoms with E-state index in [2.05, 4.69) is 44.5 Å². The number of fused-ring (bicyclic) bond motifs is 3. The first-order chi connectivity index (χ1) is 10.8. The number of rotatable bonds is 3. The molecule has 2 aliphatic rings. The lowest BCUT2D eigenvalue weighted by Crippen LogP contribution is -2.32. The van der Waals surface area contributed by atoms with Crippen LogP contribution in [0.3, 0.4) is 0 Å². The summed E-state index contributed by atoms with van der Waals surface area (Å²) in [6.07, 6.45) is 3.43. The van der Waals surface area contributed by atoms with E-state index in [9.17, 15) is 0 Å². The Hall–Kier alpha value is -1.65. The summed E-state index contributed by atoms with van der Waals surface area (Å²) in [5, 5.41) is 3.81. The molecule has 3 heterocycles. The number of nitrogens with one attached hydrogen (secondary N) is 1. The van der Waals surface area contributed by atoms with Crippen molar-refractivity contribution in [2.24, 2.45) is 0 Å². The third-order valence-corrected chi connectivity index (χ3v) is 4.81. The predicted octanol–water partition coefficient (Wildman–Crippen LogP) is 3.44. The van der Waals surface area contributed by atoms with Crippen LogP contribution < -0.4 is 5.32 Å². The molecule has 2 aromatic rings. The minimum Gasteiger partial charge on any atom is -0.366 e. The van der Waals surface area contributed by atoms with Gasteiger partial charge in [-0.2, -0.15) is 0 Å². The van der Waals surface area contributed by atoms with E-state index in [-0.39, 0.29) is 0 Å². The molecule has 5 heteroatoms. The summed E-state index contributed by atoms with van der Waals surface area (Å²) >= 11 is 6.17. The molecule has 0 bridgehead atoms. The highest BCUT2D eigenvalue weighted by atomic mass is 35.5. The molecule has 1 atom stereocenters. The summed E-state index contributed by atoms with van der Waals surface area (Å²) in [5.41, 5.74) is 3.63. The van der Waals surface area contributed by atoms with Gasteiger partial charge >= 0.3 is 0 Å². The maximum Gasteiger partial charge on any atom is 0.224 e. The van der Waals surface area contributed by atoms with Crippen molar-refractivity contribution in [3.63, 3.8) is 0 Å². The van der Waals surface area contributed by atoms with Crippen molar-refractivity contribution in [1.82, 2.24) is 14.9 Å². The Labute approximate surface area is 135 Å². The van der Waals surface area contributed by atoms with Crippen LogP contribution in [-0.2, 0) is 13.0 Å². The normalized spacial score (nSPS) is 20.5. The number of halogens is 1. The van der Waals surface area contributed by atoms with Gasteiger partial charge in [-0.15, -0.1) is 0 Å². The van der Waals surface area contributed by atoms with E-state index in [1.165, 1.54) is 30.5 Å². The quantitative estimate of drug-likeness (QED) is 0.881. The van der Waals surface area contributed by atoms with Gasteiger partial charge in [0.25, 0.3) is 0 Å². The van der Waals surface area contributed by atoms with E-state index in [0.29, 0.717) is 11.3 Å². The number of nitrogens with zero attached hydrogens (tertiary/aromatic N) is 3. The fourth-order valence-corrected chi connectivity index (χ4v) is 3.76. The maximum atomic E-state index is 6.17. The van der Waals surface area contributed by atoms with Crippen molar-refractivity contribution in [1.29, 1.82) is 0 Å². The minimum absolute atomic E-state index is 0.350. The Morgan fingerprint density at radius 2 is 2.05 bits per heavy atom. The van der Waals surface area contributed by atoms with Gasteiger partial charge < -0.3 is 5.32 Å². The van der Waals surface area contributed by atoms with Crippen molar-refractivity contribution in [3.05, 3.63) is 52.4 Å². The standard InChI is InChI=1S/C17H19ClN4/c18-17-20-15-13(8-10-22-9-4-7-14(15)22)16(21-17)19-11-12-5-2-1-3-6-12/h1-3,5-6,14H,4,7-11H2,(H,19,20,21). The van der Waals surface area contributed by atoms with Gasteiger partial charge in [0.05, 0.1) is 11.7 Å². The van der Waals surface area contributed by atoms with Gasteiger partial charge in [-0.1, -0.05) is 30.3 Å². The molecule has 4 rings (SSSR count). The van der Waals surface area contributed by atoms with E-state index < -0.39 is 0 Å². The Morgan fingerprint density at radius 1 is 1.18 bits per heavy atom. The van der Waals surface area contributed by atoms with Crippen LogP contribution in [0, 0.1) is 0 Å². The summed E-state index contributed by atoms with van der Waals surface area (Å²) in [5.74, 6) is 0.908. The first-order valence-electron chi connectivity index (χ1n) is 7.89. The first kappa shape index (κ1) is 14.0. The summed E-state index contributed by atoms with van der Waals surface area (Å²) in [6, 6.07) is 10.8. The Kier molecular flexibility index (Phi) is 3.72. The molecular weight excluding hydrogens is 296 g/mol. The molecule has 1 fully saturated rings. The molecule has 0 radical (unpaired) electrons. The number of anilines is 1. The molecule has 0 amide bonds. The molecule has 2 aliphatic heterocycles. The highest BCUT2D eigenvalue weighted by molar-refractivity contribution is 6.28. The number of aromatic nitrogens is 2. The second-order valence-corrected chi connectivity index (χ2v) is 6.33. The second kappa shape index (κ2) is 5.86. The molecule has 1 N–H and O–H groups in total. The fraction of sp³-hybridized carbons (Fsp3) is 0.412. The highest BCUT2D eigenvalue weighted by Gasteiger charge is 2.34. The van der Waals surface area contributed by atoms with E-state index in [1.54, 1.807) is 0 Å². The van der Waals surface area contributed by atoms with Gasteiger partial charge in [0.15, 0.2) is 0 Å². The van der Waals surface area contributed by atoms with Gasteiger partial charge in [-0.3, -0.25) is 4.90 Å². The SMILES string of the molecule is Clc1nc(NCc2ccccc2)c2c(n1)C1CCCN1CC2. The third kappa shape index (κ3) is 2.57. The molecule has 0 saturated carbocycles. The van der Waals surface area contributed by atoms with Gasteiger partial charge in [-0.05, 0) is 43.0 Å². The lowest BCUT2D eigenvalue weighted by atomic mass is 9.98. The Morgan fingerprint density at radius 3 is 2.91 bits per heavy atom. The average Bonchev–Trinajstić information content (AvgIpc) is 3.02. The minimum atomic E-state index is 0.350. The van der Waals surface area contributed by atoms with Crippen molar-refractivity contribution in [2.75, 3.05) is 18.4 Å². The Balaban J connectivity index is 1.63. The molecular formula is C17H19ClN4. The number of hydrogen-bond donors (Lipinski definition) is 1. The van der Waals surface area contributed by atoms with E-state index >= 15 is 0 Å². The summed E-state index contributed by atoms with van der Waals surface area (Å²) in [6.45, 7) is 3.04. The predicted molar refractivity (Wildman–Crippen MR) is 88.1 cm³/mol. The number of hydrogen-bond acceptors (Lipinski definition) is 4. The molecule has 22 heavy (non-hydrogen) atoms. The van der Waals surface area contributed by atoms with Gasteiger partial charge in [0.1, 0.15) is 5.82 Å². The second-order valence-electron chi connectivity index (χ2n) is 5.99. The zero-order valence-corrected chi connectivity index (χ0v) is 13.2. The van der Waals surface area contributed by atoms with Crippen molar-refractivity contribution >= 4 is 17.4 Å². The third-order valence-electron chi connectivity index (χ3n) is 4.64. The van der Waals surface area contributed by atoms with Crippen LogP contribution >= 0.6 is 11.6 Å². The van der Waals surface area contributed by atoms with E-state index in [4.69, 9.17) is 11.6 Å². The van der Waals surface area contributed by atoms with Gasteiger partial charge in [-0.25, -0.2) is 9.97 Å². The fourth-order valence-electron chi connectivity index (χ4n) is 3.58. The molecule has 1 aromatic carbocycles. The van der Waals surface area contributed by atoms with Crippen LogP contribution in [0.4, 0.5) is 5.82 Å². The topological polar surface area (TPSA) is 41.1 Å². The molecule has 0 spiro atoms. The lowest BCUT2D eigenvalue weighted by molar-refractivity contribution is 0.238. The zero-order valence-electron chi connectivity index (χ0n) is 12.4. The molecule has 0 aliphatic carbocycles. The van der Waals surface area contributed by atoms with Crippen LogP contribution in [-0.4, -0.2) is 28.0 Å². The van der Waals surface area contributed by atoms with Crippen molar-refractivity contribution < 1.29 is 0 Å². The van der Waals surface area contributed by atoms with Crippen molar-refractivity contribution in [3.8, 4) is 0 Å². The molecule has 1 unspecified atom stereocenters. The van der Waals surface area contributed by atoms with Gasteiger partial charge in [0.2, 0.25) is 5.28 Å². The molecule has 114 valence electrons.